The van der Waals surface area contributed by atoms with Gasteiger partial charge in [-0.25, -0.2) is 0 Å². The highest BCUT2D eigenvalue weighted by Gasteiger charge is 1.99. The van der Waals surface area contributed by atoms with Crippen LogP contribution in [0, 0.1) is 0 Å². The van der Waals surface area contributed by atoms with Crippen molar-refractivity contribution in [3.8, 4) is 0 Å². The Hall–Kier alpha value is -0.800. The Bertz CT molecular complexity index is 235. The van der Waals surface area contributed by atoms with Gasteiger partial charge in [0, 0.05) is 4.90 Å². The van der Waals surface area contributed by atoms with E-state index in [2.05, 4.69) is 0 Å². The first kappa shape index (κ1) is 8.30. The number of rotatable bonds is 2. The van der Waals surface area contributed by atoms with Crippen LogP contribution in [0.25, 0.3) is 0 Å². The second-order valence-electron chi connectivity index (χ2n) is 1.99. The van der Waals surface area contributed by atoms with Crippen molar-refractivity contribution < 1.29 is 4.79 Å². The molecule has 58 valence electrons. The van der Waals surface area contributed by atoms with Gasteiger partial charge in [0.25, 0.3) is 0 Å². The van der Waals surface area contributed by atoms with Gasteiger partial charge in [0.1, 0.15) is 0 Å². The van der Waals surface area contributed by atoms with Crippen LogP contribution in [0.3, 0.4) is 0 Å². The molecular weight excluding hydrogens is 158 g/mol. The molecule has 0 aliphatic rings. The number of carbonyl (C=O) groups is 1. The van der Waals surface area contributed by atoms with Crippen molar-refractivity contribution in [3.63, 3.8) is 0 Å². The molecule has 3 heteroatoms. The lowest BCUT2D eigenvalue weighted by Crippen LogP contribution is -2.08. The van der Waals surface area contributed by atoms with Gasteiger partial charge in [-0.15, -0.1) is 0 Å². The van der Waals surface area contributed by atoms with Crippen LogP contribution < -0.4 is 5.73 Å². The van der Waals surface area contributed by atoms with Crippen LogP contribution in [0.2, 0.25) is 0 Å². The zero-order valence-corrected chi connectivity index (χ0v) is 6.80. The van der Waals surface area contributed by atoms with Crippen molar-refractivity contribution in [3.05, 3.63) is 30.3 Å². The minimum absolute atomic E-state index is 0.00352. The maximum Gasteiger partial charge on any atom is 0.207 e. The molecule has 1 aromatic carbocycles. The van der Waals surface area contributed by atoms with Crippen LogP contribution in [-0.2, 0) is 4.79 Å². The summed E-state index contributed by atoms with van der Waals surface area (Å²) in [5.41, 5.74) is 5.15. The smallest absolute Gasteiger partial charge is 0.207 e. The van der Waals surface area contributed by atoms with E-state index in [4.69, 9.17) is 5.73 Å². The van der Waals surface area contributed by atoms with E-state index >= 15 is 0 Å². The molecule has 0 aliphatic heterocycles. The Kier molecular flexibility index (Phi) is 3.14. The number of hydrogen-bond acceptors (Lipinski definition) is 3. The summed E-state index contributed by atoms with van der Waals surface area (Å²) < 4.78 is 0. The van der Waals surface area contributed by atoms with Crippen LogP contribution in [0.4, 0.5) is 0 Å². The fourth-order valence-electron chi connectivity index (χ4n) is 0.662. The van der Waals surface area contributed by atoms with Crippen molar-refractivity contribution in [2.24, 2.45) is 5.73 Å². The molecule has 0 spiro atoms. The van der Waals surface area contributed by atoms with Gasteiger partial charge >= 0.3 is 0 Å². The molecule has 0 atom stereocenters. The molecule has 0 bridgehead atoms. The average Bonchev–Trinajstić information content (AvgIpc) is 2.06. The molecule has 1 rings (SSSR count). The molecule has 0 radical (unpaired) electrons. The summed E-state index contributed by atoms with van der Waals surface area (Å²) in [6.07, 6.45) is 0. The van der Waals surface area contributed by atoms with Crippen molar-refractivity contribution in [2.75, 3.05) is 6.54 Å². The zero-order chi connectivity index (χ0) is 8.10. The minimum Gasteiger partial charge on any atom is -0.323 e. The van der Waals surface area contributed by atoms with E-state index in [-0.39, 0.29) is 11.7 Å². The van der Waals surface area contributed by atoms with Crippen molar-refractivity contribution in [1.82, 2.24) is 0 Å². The quantitative estimate of drug-likeness (QED) is 0.674. The van der Waals surface area contributed by atoms with Gasteiger partial charge in [0.05, 0.1) is 6.54 Å². The second kappa shape index (κ2) is 4.16. The molecule has 2 N–H and O–H groups in total. The fraction of sp³-hybridized carbons (Fsp3) is 0.125. The number of nitrogens with two attached hydrogens (primary N) is 1. The lowest BCUT2D eigenvalue weighted by molar-refractivity contribution is -0.109. The minimum atomic E-state index is -0.00352. The summed E-state index contributed by atoms with van der Waals surface area (Å²) in [6, 6.07) is 9.48. The van der Waals surface area contributed by atoms with E-state index in [1.807, 2.05) is 30.3 Å². The Balaban J connectivity index is 2.58. The van der Waals surface area contributed by atoms with Gasteiger partial charge in [-0.3, -0.25) is 4.79 Å². The highest BCUT2D eigenvalue weighted by Crippen LogP contribution is 2.16. The highest BCUT2D eigenvalue weighted by molar-refractivity contribution is 8.13. The topological polar surface area (TPSA) is 43.1 Å². The van der Waals surface area contributed by atoms with Crippen LogP contribution in [0.1, 0.15) is 0 Å². The van der Waals surface area contributed by atoms with Crippen molar-refractivity contribution >= 4 is 16.9 Å². The number of thioether (sulfide) groups is 1. The monoisotopic (exact) mass is 167 g/mol. The molecule has 0 aromatic heterocycles. The van der Waals surface area contributed by atoms with Gasteiger partial charge in [-0.2, -0.15) is 0 Å². The summed E-state index contributed by atoms with van der Waals surface area (Å²) in [5, 5.41) is -0.00352. The van der Waals surface area contributed by atoms with Crippen LogP contribution >= 0.6 is 11.8 Å². The molecule has 2 nitrogen and oxygen atoms in total. The predicted octanol–water partition coefficient (Wildman–Crippen LogP) is 1.26. The van der Waals surface area contributed by atoms with E-state index in [0.29, 0.717) is 0 Å². The summed E-state index contributed by atoms with van der Waals surface area (Å²) >= 11 is 1.18. The zero-order valence-electron chi connectivity index (χ0n) is 5.99. The molecule has 0 saturated carbocycles. The molecular formula is C8H9NOS. The van der Waals surface area contributed by atoms with E-state index in [9.17, 15) is 4.79 Å². The molecule has 0 fully saturated rings. The Morgan fingerprint density at radius 1 is 1.36 bits per heavy atom. The van der Waals surface area contributed by atoms with Crippen molar-refractivity contribution in [1.29, 1.82) is 0 Å². The molecule has 1 aromatic rings. The standard InChI is InChI=1S/C8H9NOS/c9-6-8(10)11-7-4-2-1-3-5-7/h1-5H,6,9H2. The van der Waals surface area contributed by atoms with Gasteiger partial charge in [0.2, 0.25) is 5.12 Å². The first-order valence-corrected chi connectivity index (χ1v) is 4.10. The van der Waals surface area contributed by atoms with Gasteiger partial charge in [-0.05, 0) is 12.1 Å². The van der Waals surface area contributed by atoms with E-state index < -0.39 is 0 Å². The Labute approximate surface area is 69.8 Å². The largest absolute Gasteiger partial charge is 0.323 e. The normalized spacial score (nSPS) is 9.55. The first-order valence-electron chi connectivity index (χ1n) is 3.28. The predicted molar refractivity (Wildman–Crippen MR) is 46.4 cm³/mol. The molecule has 0 saturated heterocycles. The second-order valence-corrected chi connectivity index (χ2v) is 3.12. The van der Waals surface area contributed by atoms with Gasteiger partial charge in [0.15, 0.2) is 0 Å². The Morgan fingerprint density at radius 3 is 2.55 bits per heavy atom. The molecule has 0 aliphatic carbocycles. The van der Waals surface area contributed by atoms with Crippen molar-refractivity contribution in [2.45, 2.75) is 4.90 Å². The molecule has 0 unspecified atom stereocenters. The summed E-state index contributed by atoms with van der Waals surface area (Å²) in [4.78, 5) is 11.8. The maximum atomic E-state index is 10.8. The van der Waals surface area contributed by atoms with E-state index in [1.54, 1.807) is 0 Å². The summed E-state index contributed by atoms with van der Waals surface area (Å²) in [7, 11) is 0. The van der Waals surface area contributed by atoms with Gasteiger partial charge in [-0.1, -0.05) is 30.0 Å². The Morgan fingerprint density at radius 2 is 2.00 bits per heavy atom. The SMILES string of the molecule is NCC(=O)Sc1ccccc1. The van der Waals surface area contributed by atoms with E-state index in [1.165, 1.54) is 11.8 Å². The lowest BCUT2D eigenvalue weighted by atomic mass is 10.4. The number of benzene rings is 1. The first-order chi connectivity index (χ1) is 5.33. The van der Waals surface area contributed by atoms with Gasteiger partial charge < -0.3 is 5.73 Å². The average molecular weight is 167 g/mol. The lowest BCUT2D eigenvalue weighted by Gasteiger charge is -1.95. The summed E-state index contributed by atoms with van der Waals surface area (Å²) in [6.45, 7) is 0.0968. The highest BCUT2D eigenvalue weighted by atomic mass is 32.2. The number of carbonyl (C=O) groups excluding carboxylic acids is 1. The molecule has 11 heavy (non-hydrogen) atoms. The number of hydrogen-bond donors (Lipinski definition) is 1. The van der Waals surface area contributed by atoms with E-state index in [0.717, 1.165) is 4.90 Å². The third-order valence-electron chi connectivity index (χ3n) is 1.14. The van der Waals surface area contributed by atoms with Crippen LogP contribution in [0.15, 0.2) is 35.2 Å². The maximum absolute atomic E-state index is 10.8. The summed E-state index contributed by atoms with van der Waals surface area (Å²) in [5.74, 6) is 0. The molecule has 0 amide bonds. The fourth-order valence-corrected chi connectivity index (χ4v) is 1.30. The van der Waals surface area contributed by atoms with Crippen LogP contribution in [-0.4, -0.2) is 11.7 Å². The third kappa shape index (κ3) is 2.74. The third-order valence-corrected chi connectivity index (χ3v) is 2.04. The molecule has 0 heterocycles. The van der Waals surface area contributed by atoms with Crippen LogP contribution in [0.5, 0.6) is 0 Å².